The van der Waals surface area contributed by atoms with E-state index in [1.807, 2.05) is 25.4 Å². The van der Waals surface area contributed by atoms with Gasteiger partial charge in [-0.1, -0.05) is 19.9 Å². The largest absolute Gasteiger partial charge is 0.355 e. The number of rotatable bonds is 6. The lowest BCUT2D eigenvalue weighted by Gasteiger charge is -2.25. The van der Waals surface area contributed by atoms with Crippen LogP contribution in [0.15, 0.2) is 24.5 Å². The van der Waals surface area contributed by atoms with Crippen molar-refractivity contribution in [2.45, 2.75) is 25.7 Å². The number of nitrogens with one attached hydrogen (secondary N) is 2. The Morgan fingerprint density at radius 2 is 2.24 bits per heavy atom. The van der Waals surface area contributed by atoms with Crippen LogP contribution in [0.4, 0.5) is 0 Å². The van der Waals surface area contributed by atoms with Crippen LogP contribution in [0.5, 0.6) is 0 Å². The van der Waals surface area contributed by atoms with Crippen LogP contribution in [0.2, 0.25) is 0 Å². The Morgan fingerprint density at radius 3 is 2.82 bits per heavy atom. The van der Waals surface area contributed by atoms with E-state index in [2.05, 4.69) is 29.5 Å². The van der Waals surface area contributed by atoms with Crippen molar-refractivity contribution in [1.29, 1.82) is 0 Å². The maximum absolute atomic E-state index is 11.5. The fraction of sp³-hybridized carbons (Fsp3) is 0.538. The smallest absolute Gasteiger partial charge is 0.221 e. The van der Waals surface area contributed by atoms with Crippen LogP contribution < -0.4 is 10.6 Å². The highest BCUT2D eigenvalue weighted by Gasteiger charge is 2.21. The monoisotopic (exact) mass is 235 g/mol. The number of pyridine rings is 1. The molecule has 4 nitrogen and oxygen atoms in total. The summed E-state index contributed by atoms with van der Waals surface area (Å²) in [5.41, 5.74) is 1.04. The van der Waals surface area contributed by atoms with Crippen molar-refractivity contribution in [3.63, 3.8) is 0 Å². The molecule has 2 N–H and O–H groups in total. The van der Waals surface area contributed by atoms with Crippen molar-refractivity contribution in [2.24, 2.45) is 0 Å². The van der Waals surface area contributed by atoms with Crippen molar-refractivity contribution in [3.8, 4) is 0 Å². The van der Waals surface area contributed by atoms with Gasteiger partial charge in [0.2, 0.25) is 5.91 Å². The minimum Gasteiger partial charge on any atom is -0.355 e. The van der Waals surface area contributed by atoms with Gasteiger partial charge in [0.25, 0.3) is 0 Å². The van der Waals surface area contributed by atoms with Gasteiger partial charge in [0.05, 0.1) is 0 Å². The molecule has 0 unspecified atom stereocenters. The Balaban J connectivity index is 2.48. The van der Waals surface area contributed by atoms with E-state index in [0.717, 1.165) is 5.56 Å². The maximum atomic E-state index is 11.5. The normalized spacial score (nSPS) is 11.2. The maximum Gasteiger partial charge on any atom is 0.221 e. The molecule has 0 saturated heterocycles. The number of hydrogen-bond acceptors (Lipinski definition) is 3. The second-order valence-electron chi connectivity index (χ2n) is 4.76. The molecule has 0 aliphatic heterocycles. The molecular weight excluding hydrogens is 214 g/mol. The summed E-state index contributed by atoms with van der Waals surface area (Å²) in [6, 6.07) is 3.95. The zero-order chi connectivity index (χ0) is 12.7. The van der Waals surface area contributed by atoms with E-state index in [9.17, 15) is 4.79 Å². The van der Waals surface area contributed by atoms with E-state index in [-0.39, 0.29) is 11.3 Å². The average molecular weight is 235 g/mol. The van der Waals surface area contributed by atoms with Crippen LogP contribution in [-0.4, -0.2) is 31.0 Å². The molecule has 1 aromatic rings. The lowest BCUT2D eigenvalue weighted by atomic mass is 9.85. The molecule has 1 rings (SSSR count). The van der Waals surface area contributed by atoms with E-state index >= 15 is 0 Å². The molecule has 0 fully saturated rings. The summed E-state index contributed by atoms with van der Waals surface area (Å²) < 4.78 is 0. The number of nitrogens with zero attached hydrogens (tertiary/aromatic N) is 1. The Hall–Kier alpha value is -1.42. The molecule has 0 aliphatic rings. The molecule has 1 aromatic heterocycles. The third-order valence-electron chi connectivity index (χ3n) is 2.77. The fourth-order valence-electron chi connectivity index (χ4n) is 1.51. The first-order valence-corrected chi connectivity index (χ1v) is 5.88. The Kier molecular flexibility index (Phi) is 5.10. The van der Waals surface area contributed by atoms with Crippen LogP contribution in [0.25, 0.3) is 0 Å². The molecule has 0 bridgehead atoms. The molecule has 0 radical (unpaired) electrons. The fourth-order valence-corrected chi connectivity index (χ4v) is 1.51. The average Bonchev–Trinajstić information content (AvgIpc) is 2.35. The van der Waals surface area contributed by atoms with Crippen molar-refractivity contribution < 1.29 is 4.79 Å². The third-order valence-corrected chi connectivity index (χ3v) is 2.77. The molecule has 1 amide bonds. The van der Waals surface area contributed by atoms with Crippen molar-refractivity contribution in [2.75, 3.05) is 20.1 Å². The van der Waals surface area contributed by atoms with E-state index in [1.165, 1.54) is 0 Å². The van der Waals surface area contributed by atoms with Gasteiger partial charge in [0.1, 0.15) is 0 Å². The molecule has 94 valence electrons. The van der Waals surface area contributed by atoms with Gasteiger partial charge >= 0.3 is 0 Å². The van der Waals surface area contributed by atoms with Gasteiger partial charge in [0, 0.05) is 37.3 Å². The molecule has 0 spiro atoms. The van der Waals surface area contributed by atoms with Gasteiger partial charge in [-0.3, -0.25) is 9.78 Å². The molecular formula is C13H21N3O. The SMILES string of the molecule is CNCCC(=O)NCC(C)(C)c1cccnc1. The first-order valence-electron chi connectivity index (χ1n) is 5.88. The minimum absolute atomic E-state index is 0.0799. The molecule has 0 aliphatic carbocycles. The molecule has 1 heterocycles. The Bertz CT molecular complexity index is 349. The Morgan fingerprint density at radius 1 is 1.47 bits per heavy atom. The summed E-state index contributed by atoms with van der Waals surface area (Å²) in [5.74, 6) is 0.0799. The standard InChI is InChI=1S/C13H21N3O/c1-13(2,11-5-4-7-15-9-11)10-16-12(17)6-8-14-3/h4-5,7,9,14H,6,8,10H2,1-3H3,(H,16,17). The van der Waals surface area contributed by atoms with E-state index in [0.29, 0.717) is 19.5 Å². The summed E-state index contributed by atoms with van der Waals surface area (Å²) >= 11 is 0. The molecule has 0 saturated carbocycles. The minimum atomic E-state index is -0.0937. The van der Waals surface area contributed by atoms with Crippen LogP contribution in [-0.2, 0) is 10.2 Å². The highest BCUT2D eigenvalue weighted by atomic mass is 16.1. The highest BCUT2D eigenvalue weighted by molar-refractivity contribution is 5.76. The number of carbonyl (C=O) groups is 1. The summed E-state index contributed by atoms with van der Waals surface area (Å²) in [5, 5.41) is 5.91. The molecule has 0 atom stereocenters. The topological polar surface area (TPSA) is 54.0 Å². The van der Waals surface area contributed by atoms with Crippen molar-refractivity contribution >= 4 is 5.91 Å². The van der Waals surface area contributed by atoms with Crippen LogP contribution in [0.1, 0.15) is 25.8 Å². The van der Waals surface area contributed by atoms with Crippen molar-refractivity contribution in [1.82, 2.24) is 15.6 Å². The number of amides is 1. The number of aromatic nitrogens is 1. The molecule has 0 aromatic carbocycles. The van der Waals surface area contributed by atoms with Gasteiger partial charge < -0.3 is 10.6 Å². The summed E-state index contributed by atoms with van der Waals surface area (Å²) in [7, 11) is 1.84. The second kappa shape index (κ2) is 6.35. The van der Waals surface area contributed by atoms with Crippen LogP contribution in [0, 0.1) is 0 Å². The van der Waals surface area contributed by atoms with Gasteiger partial charge in [0.15, 0.2) is 0 Å². The lowest BCUT2D eigenvalue weighted by Crippen LogP contribution is -2.37. The molecule has 17 heavy (non-hydrogen) atoms. The quantitative estimate of drug-likeness (QED) is 0.776. The van der Waals surface area contributed by atoms with Crippen LogP contribution >= 0.6 is 0 Å². The van der Waals surface area contributed by atoms with Gasteiger partial charge in [-0.25, -0.2) is 0 Å². The second-order valence-corrected chi connectivity index (χ2v) is 4.76. The zero-order valence-corrected chi connectivity index (χ0v) is 10.8. The molecule has 4 heteroatoms. The van der Waals surface area contributed by atoms with E-state index < -0.39 is 0 Å². The first-order chi connectivity index (χ1) is 8.06. The summed E-state index contributed by atoms with van der Waals surface area (Å²) in [6.07, 6.45) is 4.12. The predicted molar refractivity (Wildman–Crippen MR) is 68.8 cm³/mol. The summed E-state index contributed by atoms with van der Waals surface area (Å²) in [6.45, 7) is 5.53. The predicted octanol–water partition coefficient (Wildman–Crippen LogP) is 1.08. The van der Waals surface area contributed by atoms with Gasteiger partial charge in [-0.05, 0) is 18.7 Å². The van der Waals surface area contributed by atoms with Gasteiger partial charge in [-0.15, -0.1) is 0 Å². The zero-order valence-electron chi connectivity index (χ0n) is 10.8. The van der Waals surface area contributed by atoms with E-state index in [4.69, 9.17) is 0 Å². The van der Waals surface area contributed by atoms with Crippen molar-refractivity contribution in [3.05, 3.63) is 30.1 Å². The third kappa shape index (κ3) is 4.53. The number of hydrogen-bond donors (Lipinski definition) is 2. The lowest BCUT2D eigenvalue weighted by molar-refractivity contribution is -0.121. The highest BCUT2D eigenvalue weighted by Crippen LogP contribution is 2.20. The Labute approximate surface area is 103 Å². The number of carbonyl (C=O) groups excluding carboxylic acids is 1. The first kappa shape index (κ1) is 13.6. The van der Waals surface area contributed by atoms with E-state index in [1.54, 1.807) is 6.20 Å². The van der Waals surface area contributed by atoms with Gasteiger partial charge in [-0.2, -0.15) is 0 Å². The van der Waals surface area contributed by atoms with Crippen LogP contribution in [0.3, 0.4) is 0 Å². The summed E-state index contributed by atoms with van der Waals surface area (Å²) in [4.78, 5) is 15.6.